The monoisotopic (exact) mass is 239 g/mol. The molecule has 0 amide bonds. The van der Waals surface area contributed by atoms with Gasteiger partial charge < -0.3 is 0 Å². The van der Waals surface area contributed by atoms with E-state index in [4.69, 9.17) is 28.0 Å². The molecule has 1 unspecified atom stereocenters. The molecule has 0 aromatic carbocycles. The zero-order valence-corrected chi connectivity index (χ0v) is 9.08. The van der Waals surface area contributed by atoms with Gasteiger partial charge in [-0.1, -0.05) is 11.6 Å². The highest BCUT2D eigenvalue weighted by atomic mass is 35.5. The second kappa shape index (κ2) is 3.77. The van der Waals surface area contributed by atoms with Crippen LogP contribution < -0.4 is 0 Å². The molecule has 1 aromatic heterocycles. The van der Waals surface area contributed by atoms with Crippen molar-refractivity contribution in [3.8, 4) is 0 Å². The van der Waals surface area contributed by atoms with E-state index in [0.717, 1.165) is 0 Å². The average molecular weight is 240 g/mol. The van der Waals surface area contributed by atoms with Crippen LogP contribution in [0.15, 0.2) is 6.20 Å². The molecule has 1 rings (SSSR count). The fourth-order valence-electron chi connectivity index (χ4n) is 0.760. The SMILES string of the molecule is CS(=N)(=O)Cc1cnc(Cl)nc1Cl. The quantitative estimate of drug-likeness (QED) is 0.634. The molecule has 7 heteroatoms. The summed E-state index contributed by atoms with van der Waals surface area (Å²) in [7, 11) is -2.62. The summed E-state index contributed by atoms with van der Waals surface area (Å²) in [5.41, 5.74) is 0.480. The van der Waals surface area contributed by atoms with Gasteiger partial charge in [-0.05, 0) is 11.6 Å². The Kier molecular flexibility index (Phi) is 3.10. The van der Waals surface area contributed by atoms with Gasteiger partial charge in [-0.15, -0.1) is 0 Å². The van der Waals surface area contributed by atoms with Gasteiger partial charge in [0.15, 0.2) is 0 Å². The summed E-state index contributed by atoms with van der Waals surface area (Å²) in [6.07, 6.45) is 2.72. The molecule has 0 fully saturated rings. The second-order valence-electron chi connectivity index (χ2n) is 2.60. The summed E-state index contributed by atoms with van der Waals surface area (Å²) in [5, 5.41) is 0.197. The van der Waals surface area contributed by atoms with E-state index in [1.165, 1.54) is 12.5 Å². The molecule has 1 atom stereocenters. The third-order valence-corrected chi connectivity index (χ3v) is 2.58. The Hall–Kier alpha value is -0.390. The Morgan fingerprint density at radius 2 is 2.23 bits per heavy atom. The molecule has 0 bridgehead atoms. The zero-order valence-electron chi connectivity index (χ0n) is 6.75. The number of nitrogens with zero attached hydrogens (tertiary/aromatic N) is 2. The van der Waals surface area contributed by atoms with E-state index >= 15 is 0 Å². The molecule has 0 aliphatic carbocycles. The van der Waals surface area contributed by atoms with Crippen LogP contribution >= 0.6 is 23.2 Å². The van der Waals surface area contributed by atoms with Gasteiger partial charge >= 0.3 is 0 Å². The second-order valence-corrected chi connectivity index (χ2v) is 5.60. The first-order chi connectivity index (χ1) is 5.88. The Morgan fingerprint density at radius 3 is 2.69 bits per heavy atom. The van der Waals surface area contributed by atoms with Crippen LogP contribution in [0.25, 0.3) is 0 Å². The molecule has 0 aliphatic rings. The lowest BCUT2D eigenvalue weighted by molar-refractivity contribution is 0.678. The standard InChI is InChI=1S/C6H7Cl2N3OS/c1-13(9,12)3-4-2-10-6(8)11-5(4)7/h2,9H,3H2,1H3. The number of hydrogen-bond donors (Lipinski definition) is 1. The van der Waals surface area contributed by atoms with Gasteiger partial charge in [-0.25, -0.2) is 14.2 Å². The van der Waals surface area contributed by atoms with Crippen molar-refractivity contribution in [2.75, 3.05) is 6.26 Å². The molecular formula is C6H7Cl2N3OS. The Morgan fingerprint density at radius 1 is 1.62 bits per heavy atom. The summed E-state index contributed by atoms with van der Waals surface area (Å²) < 4.78 is 18.3. The summed E-state index contributed by atoms with van der Waals surface area (Å²) in [6, 6.07) is 0. The average Bonchev–Trinajstić information content (AvgIpc) is 1.93. The first-order valence-corrected chi connectivity index (χ1v) is 6.16. The van der Waals surface area contributed by atoms with Crippen molar-refractivity contribution >= 4 is 32.9 Å². The first kappa shape index (κ1) is 10.7. The topological polar surface area (TPSA) is 66.7 Å². The van der Waals surface area contributed by atoms with E-state index < -0.39 is 9.73 Å². The fourth-order valence-corrected chi connectivity index (χ4v) is 2.02. The van der Waals surface area contributed by atoms with E-state index in [2.05, 4.69) is 9.97 Å². The summed E-state index contributed by atoms with van der Waals surface area (Å²) in [6.45, 7) is 0. The number of nitrogens with one attached hydrogen (secondary N) is 1. The molecule has 13 heavy (non-hydrogen) atoms. The van der Waals surface area contributed by atoms with Crippen LogP contribution in [-0.4, -0.2) is 20.4 Å². The highest BCUT2D eigenvalue weighted by Crippen LogP contribution is 2.16. The van der Waals surface area contributed by atoms with Crippen LogP contribution in [0.2, 0.25) is 10.4 Å². The predicted octanol–water partition coefficient (Wildman–Crippen LogP) is 1.96. The van der Waals surface area contributed by atoms with Crippen LogP contribution in [0.3, 0.4) is 0 Å². The van der Waals surface area contributed by atoms with Gasteiger partial charge in [-0.2, -0.15) is 0 Å². The van der Waals surface area contributed by atoms with E-state index in [0.29, 0.717) is 5.56 Å². The lowest BCUT2D eigenvalue weighted by Gasteiger charge is -2.02. The minimum absolute atomic E-state index is 0.0429. The number of halogens is 2. The minimum Gasteiger partial charge on any atom is -0.253 e. The smallest absolute Gasteiger partial charge is 0.223 e. The van der Waals surface area contributed by atoms with E-state index in [1.54, 1.807) is 0 Å². The number of rotatable bonds is 2. The first-order valence-electron chi connectivity index (χ1n) is 3.27. The Bertz CT molecular complexity index is 418. The van der Waals surface area contributed by atoms with E-state index in [9.17, 15) is 4.21 Å². The maximum absolute atomic E-state index is 11.1. The lowest BCUT2D eigenvalue weighted by atomic mass is 10.4. The van der Waals surface area contributed by atoms with Crippen LogP contribution in [0.1, 0.15) is 5.56 Å². The van der Waals surface area contributed by atoms with Crippen molar-refractivity contribution in [2.45, 2.75) is 5.75 Å². The van der Waals surface area contributed by atoms with E-state index in [-0.39, 0.29) is 16.2 Å². The van der Waals surface area contributed by atoms with Crippen molar-refractivity contribution in [3.63, 3.8) is 0 Å². The third-order valence-electron chi connectivity index (χ3n) is 1.21. The summed E-state index contributed by atoms with van der Waals surface area (Å²) in [4.78, 5) is 7.35. The molecule has 4 nitrogen and oxygen atoms in total. The minimum atomic E-state index is -2.62. The summed E-state index contributed by atoms with van der Waals surface area (Å²) in [5.74, 6) is 0.0446. The molecule has 1 heterocycles. The highest BCUT2D eigenvalue weighted by Gasteiger charge is 2.07. The fraction of sp³-hybridized carbons (Fsp3) is 0.333. The van der Waals surface area contributed by atoms with Crippen LogP contribution in [0, 0.1) is 4.78 Å². The molecule has 0 aliphatic heterocycles. The van der Waals surface area contributed by atoms with Gasteiger partial charge in [-0.3, -0.25) is 4.78 Å². The number of aromatic nitrogens is 2. The molecule has 0 spiro atoms. The largest absolute Gasteiger partial charge is 0.253 e. The normalized spacial score (nSPS) is 15.3. The molecule has 0 saturated carbocycles. The van der Waals surface area contributed by atoms with E-state index in [1.807, 2.05) is 0 Å². The van der Waals surface area contributed by atoms with Gasteiger partial charge in [0.1, 0.15) is 5.15 Å². The predicted molar refractivity (Wildman–Crippen MR) is 52.5 cm³/mol. The van der Waals surface area contributed by atoms with Crippen LogP contribution in [0.5, 0.6) is 0 Å². The van der Waals surface area contributed by atoms with Crippen molar-refractivity contribution in [3.05, 3.63) is 22.2 Å². The van der Waals surface area contributed by atoms with Gasteiger partial charge in [0.2, 0.25) is 5.28 Å². The molecule has 1 aromatic rings. The zero-order chi connectivity index (χ0) is 10.1. The van der Waals surface area contributed by atoms with Crippen molar-refractivity contribution in [1.82, 2.24) is 9.97 Å². The van der Waals surface area contributed by atoms with Gasteiger partial charge in [0.25, 0.3) is 0 Å². The van der Waals surface area contributed by atoms with Crippen LogP contribution in [0.4, 0.5) is 0 Å². The van der Waals surface area contributed by atoms with Crippen molar-refractivity contribution in [1.29, 1.82) is 4.78 Å². The maximum atomic E-state index is 11.1. The summed E-state index contributed by atoms with van der Waals surface area (Å²) >= 11 is 11.2. The molecule has 0 saturated heterocycles. The molecule has 0 radical (unpaired) electrons. The van der Waals surface area contributed by atoms with Gasteiger partial charge in [0.05, 0.1) is 5.75 Å². The van der Waals surface area contributed by atoms with Gasteiger partial charge in [0, 0.05) is 27.7 Å². The maximum Gasteiger partial charge on any atom is 0.223 e. The molecular weight excluding hydrogens is 233 g/mol. The highest BCUT2D eigenvalue weighted by molar-refractivity contribution is 7.90. The Balaban J connectivity index is 3.04. The third kappa shape index (κ3) is 3.46. The lowest BCUT2D eigenvalue weighted by Crippen LogP contribution is -2.01. The van der Waals surface area contributed by atoms with Crippen molar-refractivity contribution < 1.29 is 4.21 Å². The number of hydrogen-bond acceptors (Lipinski definition) is 4. The van der Waals surface area contributed by atoms with Crippen molar-refractivity contribution in [2.24, 2.45) is 0 Å². The molecule has 1 N–H and O–H groups in total. The van der Waals surface area contributed by atoms with Crippen LogP contribution in [-0.2, 0) is 15.5 Å². The Labute approximate surface area is 86.3 Å². The molecule has 72 valence electrons.